The molecule has 32 heavy (non-hydrogen) atoms. The number of carbonyl (C=O) groups excluding carboxylic acids is 2. The highest BCUT2D eigenvalue weighted by atomic mass is 16.7. The average Bonchev–Trinajstić information content (AvgIpc) is 3.22. The Balaban J connectivity index is 1.53. The first kappa shape index (κ1) is 19.9. The van der Waals surface area contributed by atoms with Gasteiger partial charge in [0.1, 0.15) is 5.56 Å². The van der Waals surface area contributed by atoms with Gasteiger partial charge in [-0.15, -0.1) is 0 Å². The molecule has 1 aromatic heterocycles. The molecular formula is C24H21N3O5. The Morgan fingerprint density at radius 3 is 2.69 bits per heavy atom. The summed E-state index contributed by atoms with van der Waals surface area (Å²) in [6.45, 7) is 3.77. The fourth-order valence-electron chi connectivity index (χ4n) is 4.08. The van der Waals surface area contributed by atoms with Crippen molar-refractivity contribution in [2.24, 2.45) is 0 Å². The Morgan fingerprint density at radius 2 is 1.84 bits per heavy atom. The van der Waals surface area contributed by atoms with Crippen LogP contribution in [-0.2, 0) is 11.2 Å². The normalized spacial score (nSPS) is 14.0. The van der Waals surface area contributed by atoms with Gasteiger partial charge in [0.05, 0.1) is 17.1 Å². The smallest absolute Gasteiger partial charge is 0.268 e. The monoisotopic (exact) mass is 431 g/mol. The van der Waals surface area contributed by atoms with E-state index in [0.29, 0.717) is 47.0 Å². The number of aromatic nitrogens is 1. The summed E-state index contributed by atoms with van der Waals surface area (Å²) >= 11 is 0. The second-order valence-electron chi connectivity index (χ2n) is 7.94. The Hall–Kier alpha value is -4.07. The molecule has 2 amide bonds. The largest absolute Gasteiger partial charge is 0.454 e. The minimum absolute atomic E-state index is 0.0301. The second kappa shape index (κ2) is 7.56. The summed E-state index contributed by atoms with van der Waals surface area (Å²) in [6.07, 6.45) is 2.63. The molecule has 0 atom stereocenters. The Kier molecular flexibility index (Phi) is 4.70. The molecule has 0 aliphatic carbocycles. The van der Waals surface area contributed by atoms with E-state index in [-0.39, 0.29) is 18.3 Å². The molecule has 2 N–H and O–H groups in total. The molecule has 3 aromatic rings. The van der Waals surface area contributed by atoms with Gasteiger partial charge < -0.3 is 20.1 Å². The molecule has 0 spiro atoms. The van der Waals surface area contributed by atoms with Crippen molar-refractivity contribution >= 4 is 23.2 Å². The van der Waals surface area contributed by atoms with Crippen LogP contribution in [0.5, 0.6) is 11.5 Å². The summed E-state index contributed by atoms with van der Waals surface area (Å²) < 4.78 is 12.1. The second-order valence-corrected chi connectivity index (χ2v) is 7.94. The van der Waals surface area contributed by atoms with Crippen LogP contribution >= 0.6 is 0 Å². The SMILES string of the molecule is Cc1cc2c(c(NC(=O)c3c(C)ccn(-c4ccc5c(c4)OCO5)c3=O)c1)NC(=O)CC2. The summed E-state index contributed by atoms with van der Waals surface area (Å²) in [6, 6.07) is 10.7. The highest BCUT2D eigenvalue weighted by Gasteiger charge is 2.23. The number of carbonyl (C=O) groups is 2. The maximum Gasteiger partial charge on any atom is 0.268 e. The highest BCUT2D eigenvalue weighted by molar-refractivity contribution is 6.08. The predicted octanol–water partition coefficient (Wildman–Crippen LogP) is 3.32. The molecule has 8 nitrogen and oxygen atoms in total. The quantitative estimate of drug-likeness (QED) is 0.663. The van der Waals surface area contributed by atoms with Gasteiger partial charge >= 0.3 is 0 Å². The minimum Gasteiger partial charge on any atom is -0.454 e. The van der Waals surface area contributed by atoms with E-state index >= 15 is 0 Å². The van der Waals surface area contributed by atoms with Crippen LogP contribution in [0.15, 0.2) is 47.4 Å². The van der Waals surface area contributed by atoms with E-state index < -0.39 is 11.5 Å². The molecule has 0 radical (unpaired) electrons. The van der Waals surface area contributed by atoms with Crippen LogP contribution in [0, 0.1) is 13.8 Å². The molecule has 2 aromatic carbocycles. The summed E-state index contributed by atoms with van der Waals surface area (Å²) in [5.74, 6) is 0.523. The first-order chi connectivity index (χ1) is 15.4. The van der Waals surface area contributed by atoms with Crippen LogP contribution in [-0.4, -0.2) is 23.2 Å². The van der Waals surface area contributed by atoms with Crippen LogP contribution in [0.1, 0.15) is 33.5 Å². The molecule has 2 aliphatic heterocycles. The summed E-state index contributed by atoms with van der Waals surface area (Å²) in [5, 5.41) is 5.68. The van der Waals surface area contributed by atoms with Gasteiger partial charge in [-0.3, -0.25) is 19.0 Å². The number of pyridine rings is 1. The number of ether oxygens (including phenoxy) is 2. The number of hydrogen-bond acceptors (Lipinski definition) is 5. The molecule has 0 saturated heterocycles. The van der Waals surface area contributed by atoms with Gasteiger partial charge in [0.25, 0.3) is 11.5 Å². The standard InChI is InChI=1S/C24H21N3O5/c1-13-9-15-3-6-20(28)26-22(15)17(10-13)25-23(29)21-14(2)7-8-27(24(21)30)16-4-5-18-19(11-16)32-12-31-18/h4-5,7-11H,3,6,12H2,1-2H3,(H,25,29)(H,26,28). The zero-order valence-electron chi connectivity index (χ0n) is 17.7. The van der Waals surface area contributed by atoms with Gasteiger partial charge in [0, 0.05) is 18.7 Å². The van der Waals surface area contributed by atoms with Gasteiger partial charge in [-0.1, -0.05) is 6.07 Å². The molecule has 162 valence electrons. The molecule has 0 fully saturated rings. The number of aryl methyl sites for hydroxylation is 3. The van der Waals surface area contributed by atoms with E-state index in [1.807, 2.05) is 13.0 Å². The third-order valence-corrected chi connectivity index (χ3v) is 5.66. The Bertz CT molecular complexity index is 1340. The molecule has 0 saturated carbocycles. The van der Waals surface area contributed by atoms with Crippen LogP contribution < -0.4 is 25.7 Å². The summed E-state index contributed by atoms with van der Waals surface area (Å²) in [5.41, 5.74) is 3.68. The molecule has 3 heterocycles. The zero-order chi connectivity index (χ0) is 22.4. The third-order valence-electron chi connectivity index (χ3n) is 5.66. The number of benzene rings is 2. The number of hydrogen-bond donors (Lipinski definition) is 2. The lowest BCUT2D eigenvalue weighted by atomic mass is 9.99. The summed E-state index contributed by atoms with van der Waals surface area (Å²) in [7, 11) is 0. The van der Waals surface area contributed by atoms with E-state index in [9.17, 15) is 14.4 Å². The van der Waals surface area contributed by atoms with Crippen LogP contribution in [0.3, 0.4) is 0 Å². The maximum atomic E-state index is 13.3. The fraction of sp³-hybridized carbons (Fsp3) is 0.208. The fourth-order valence-corrected chi connectivity index (χ4v) is 4.08. The van der Waals surface area contributed by atoms with Crippen molar-refractivity contribution in [3.05, 3.63) is 75.2 Å². The molecule has 0 bridgehead atoms. The van der Waals surface area contributed by atoms with Crippen molar-refractivity contribution in [2.75, 3.05) is 17.4 Å². The number of nitrogens with one attached hydrogen (secondary N) is 2. The van der Waals surface area contributed by atoms with Crippen molar-refractivity contribution in [2.45, 2.75) is 26.7 Å². The van der Waals surface area contributed by atoms with Crippen molar-refractivity contribution < 1.29 is 19.1 Å². The Morgan fingerprint density at radius 1 is 1.03 bits per heavy atom. The van der Waals surface area contributed by atoms with Gasteiger partial charge in [-0.05, 0) is 61.2 Å². The molecular weight excluding hydrogens is 410 g/mol. The lowest BCUT2D eigenvalue weighted by molar-refractivity contribution is -0.116. The predicted molar refractivity (Wildman–Crippen MR) is 119 cm³/mol. The number of rotatable bonds is 3. The van der Waals surface area contributed by atoms with E-state index in [1.54, 1.807) is 43.5 Å². The first-order valence-corrected chi connectivity index (χ1v) is 10.3. The molecule has 8 heteroatoms. The van der Waals surface area contributed by atoms with E-state index in [1.165, 1.54) is 4.57 Å². The van der Waals surface area contributed by atoms with Gasteiger partial charge in [0.15, 0.2) is 11.5 Å². The first-order valence-electron chi connectivity index (χ1n) is 10.3. The molecule has 2 aliphatic rings. The van der Waals surface area contributed by atoms with Crippen LogP contribution in [0.4, 0.5) is 11.4 Å². The molecule has 0 unspecified atom stereocenters. The van der Waals surface area contributed by atoms with Gasteiger partial charge in [-0.2, -0.15) is 0 Å². The van der Waals surface area contributed by atoms with Crippen molar-refractivity contribution in [3.63, 3.8) is 0 Å². The lowest BCUT2D eigenvalue weighted by Gasteiger charge is -2.21. The highest BCUT2D eigenvalue weighted by Crippen LogP contribution is 2.34. The number of nitrogens with zero attached hydrogens (tertiary/aromatic N) is 1. The minimum atomic E-state index is -0.532. The lowest BCUT2D eigenvalue weighted by Crippen LogP contribution is -2.30. The third kappa shape index (κ3) is 3.39. The number of anilines is 2. The van der Waals surface area contributed by atoms with Crippen LogP contribution in [0.25, 0.3) is 5.69 Å². The average molecular weight is 431 g/mol. The topological polar surface area (TPSA) is 98.7 Å². The number of fused-ring (bicyclic) bond motifs is 2. The zero-order valence-corrected chi connectivity index (χ0v) is 17.7. The summed E-state index contributed by atoms with van der Waals surface area (Å²) in [4.78, 5) is 38.4. The van der Waals surface area contributed by atoms with Gasteiger partial charge in [0.2, 0.25) is 12.7 Å². The maximum absolute atomic E-state index is 13.3. The van der Waals surface area contributed by atoms with E-state index in [2.05, 4.69) is 10.6 Å². The van der Waals surface area contributed by atoms with Crippen LogP contribution in [0.2, 0.25) is 0 Å². The van der Waals surface area contributed by atoms with E-state index in [0.717, 1.165) is 11.1 Å². The van der Waals surface area contributed by atoms with Gasteiger partial charge in [-0.25, -0.2) is 0 Å². The molecule has 5 rings (SSSR count). The van der Waals surface area contributed by atoms with Crippen molar-refractivity contribution in [1.82, 2.24) is 4.57 Å². The van der Waals surface area contributed by atoms with Crippen molar-refractivity contribution in [1.29, 1.82) is 0 Å². The van der Waals surface area contributed by atoms with E-state index in [4.69, 9.17) is 9.47 Å². The number of amides is 2. The Labute approximate surface area is 183 Å². The van der Waals surface area contributed by atoms with Crippen molar-refractivity contribution in [3.8, 4) is 17.2 Å².